The standard InChI is InChI=1S/C18H15NO3S/c20-17(22-12-13-6-2-1-3-7-13)11-19-18(21)16-10-14-8-4-5-9-15(14)23-16/h1-10H,11-12H2,(H,19,21). The first-order valence-electron chi connectivity index (χ1n) is 7.19. The summed E-state index contributed by atoms with van der Waals surface area (Å²) in [6, 6.07) is 19.0. The molecule has 0 saturated heterocycles. The lowest BCUT2D eigenvalue weighted by atomic mass is 10.2. The van der Waals surface area contributed by atoms with Crippen molar-refractivity contribution in [3.05, 3.63) is 71.1 Å². The van der Waals surface area contributed by atoms with E-state index in [1.165, 1.54) is 11.3 Å². The van der Waals surface area contributed by atoms with Gasteiger partial charge in [0.15, 0.2) is 0 Å². The molecule has 116 valence electrons. The van der Waals surface area contributed by atoms with E-state index < -0.39 is 5.97 Å². The Kier molecular flexibility index (Phi) is 4.68. The van der Waals surface area contributed by atoms with Gasteiger partial charge in [0.05, 0.1) is 4.88 Å². The number of thiophene rings is 1. The zero-order valence-electron chi connectivity index (χ0n) is 12.3. The van der Waals surface area contributed by atoms with Crippen molar-refractivity contribution in [3.8, 4) is 0 Å². The third-order valence-electron chi connectivity index (χ3n) is 3.29. The molecule has 0 aliphatic carbocycles. The molecule has 4 nitrogen and oxygen atoms in total. The van der Waals surface area contributed by atoms with Crippen molar-refractivity contribution >= 4 is 33.3 Å². The number of hydrogen-bond acceptors (Lipinski definition) is 4. The summed E-state index contributed by atoms with van der Waals surface area (Å²) in [6.07, 6.45) is 0. The highest BCUT2D eigenvalue weighted by atomic mass is 32.1. The van der Waals surface area contributed by atoms with E-state index in [1.54, 1.807) is 0 Å². The van der Waals surface area contributed by atoms with E-state index in [1.807, 2.05) is 60.7 Å². The Morgan fingerprint density at radius 2 is 1.74 bits per heavy atom. The number of benzene rings is 2. The highest BCUT2D eigenvalue weighted by Crippen LogP contribution is 2.24. The highest BCUT2D eigenvalue weighted by Gasteiger charge is 2.12. The lowest BCUT2D eigenvalue weighted by molar-refractivity contribution is -0.143. The maximum Gasteiger partial charge on any atom is 0.325 e. The molecule has 0 unspecified atom stereocenters. The number of fused-ring (bicyclic) bond motifs is 1. The van der Waals surface area contributed by atoms with Gasteiger partial charge in [0.2, 0.25) is 0 Å². The number of carbonyl (C=O) groups is 2. The van der Waals surface area contributed by atoms with E-state index in [0.717, 1.165) is 15.6 Å². The van der Waals surface area contributed by atoms with E-state index in [0.29, 0.717) is 4.88 Å². The van der Waals surface area contributed by atoms with Gasteiger partial charge in [-0.2, -0.15) is 0 Å². The molecule has 3 rings (SSSR count). The van der Waals surface area contributed by atoms with Crippen molar-refractivity contribution in [2.45, 2.75) is 6.61 Å². The average Bonchev–Trinajstić information content (AvgIpc) is 3.03. The summed E-state index contributed by atoms with van der Waals surface area (Å²) in [5, 5.41) is 3.62. The van der Waals surface area contributed by atoms with Crippen LogP contribution < -0.4 is 5.32 Å². The summed E-state index contributed by atoms with van der Waals surface area (Å²) in [5.74, 6) is -0.717. The molecule has 0 aliphatic rings. The fraction of sp³-hybridized carbons (Fsp3) is 0.111. The molecule has 2 aromatic carbocycles. The van der Waals surface area contributed by atoms with Crippen molar-refractivity contribution in [2.75, 3.05) is 6.54 Å². The second kappa shape index (κ2) is 7.07. The second-order valence-electron chi connectivity index (χ2n) is 4.98. The number of nitrogens with one attached hydrogen (secondary N) is 1. The fourth-order valence-corrected chi connectivity index (χ4v) is 3.10. The quantitative estimate of drug-likeness (QED) is 0.732. The molecule has 0 saturated carbocycles. The normalized spacial score (nSPS) is 10.4. The summed E-state index contributed by atoms with van der Waals surface area (Å²) in [4.78, 5) is 24.4. The van der Waals surface area contributed by atoms with Crippen LogP contribution in [0.3, 0.4) is 0 Å². The largest absolute Gasteiger partial charge is 0.460 e. The number of carbonyl (C=O) groups excluding carboxylic acids is 2. The van der Waals surface area contributed by atoms with Gasteiger partial charge in [-0.1, -0.05) is 48.5 Å². The third-order valence-corrected chi connectivity index (χ3v) is 4.40. The third kappa shape index (κ3) is 3.96. The van der Waals surface area contributed by atoms with Gasteiger partial charge in [-0.05, 0) is 23.1 Å². The molecule has 0 bridgehead atoms. The van der Waals surface area contributed by atoms with Crippen LogP contribution in [0.25, 0.3) is 10.1 Å². The molecule has 5 heteroatoms. The van der Waals surface area contributed by atoms with Crippen LogP contribution in [0, 0.1) is 0 Å². The summed E-state index contributed by atoms with van der Waals surface area (Å²) in [7, 11) is 0. The Hall–Kier alpha value is -2.66. The van der Waals surface area contributed by atoms with Crippen molar-refractivity contribution < 1.29 is 14.3 Å². The Bertz CT molecular complexity index is 793. The van der Waals surface area contributed by atoms with Crippen LogP contribution in [0.5, 0.6) is 0 Å². The van der Waals surface area contributed by atoms with Gasteiger partial charge in [-0.3, -0.25) is 9.59 Å². The number of hydrogen-bond donors (Lipinski definition) is 1. The first kappa shape index (κ1) is 15.2. The van der Waals surface area contributed by atoms with Gasteiger partial charge in [0.25, 0.3) is 5.91 Å². The van der Waals surface area contributed by atoms with Crippen molar-refractivity contribution in [1.29, 1.82) is 0 Å². The van der Waals surface area contributed by atoms with Gasteiger partial charge in [-0.15, -0.1) is 11.3 Å². The van der Waals surface area contributed by atoms with Crippen molar-refractivity contribution in [1.82, 2.24) is 5.32 Å². The maximum absolute atomic E-state index is 12.1. The van der Waals surface area contributed by atoms with Gasteiger partial charge in [0, 0.05) is 4.70 Å². The Labute approximate surface area is 137 Å². The Morgan fingerprint density at radius 3 is 2.52 bits per heavy atom. The molecular weight excluding hydrogens is 310 g/mol. The summed E-state index contributed by atoms with van der Waals surface area (Å²) >= 11 is 1.40. The molecule has 0 fully saturated rings. The summed E-state index contributed by atoms with van der Waals surface area (Å²) < 4.78 is 6.17. The minimum Gasteiger partial charge on any atom is -0.460 e. The fourth-order valence-electron chi connectivity index (χ4n) is 2.12. The molecular formula is C18H15NO3S. The monoisotopic (exact) mass is 325 g/mol. The zero-order chi connectivity index (χ0) is 16.1. The number of esters is 1. The molecule has 0 radical (unpaired) electrons. The molecule has 0 aliphatic heterocycles. The predicted molar refractivity (Wildman–Crippen MR) is 90.4 cm³/mol. The second-order valence-corrected chi connectivity index (χ2v) is 6.06. The molecule has 0 spiro atoms. The van der Waals surface area contributed by atoms with Gasteiger partial charge in [0.1, 0.15) is 13.2 Å². The van der Waals surface area contributed by atoms with Crippen molar-refractivity contribution in [3.63, 3.8) is 0 Å². The summed E-state index contributed by atoms with van der Waals surface area (Å²) in [6.45, 7) is 0.0678. The molecule has 1 aromatic heterocycles. The van der Waals surface area contributed by atoms with E-state index in [4.69, 9.17) is 4.74 Å². The molecule has 3 aromatic rings. The average molecular weight is 325 g/mol. The highest BCUT2D eigenvalue weighted by molar-refractivity contribution is 7.20. The van der Waals surface area contributed by atoms with E-state index >= 15 is 0 Å². The zero-order valence-corrected chi connectivity index (χ0v) is 13.1. The van der Waals surface area contributed by atoms with Gasteiger partial charge >= 0.3 is 5.97 Å². The number of rotatable bonds is 5. The van der Waals surface area contributed by atoms with Crippen LogP contribution in [0.4, 0.5) is 0 Å². The predicted octanol–water partition coefficient (Wildman–Crippen LogP) is 3.37. The van der Waals surface area contributed by atoms with Gasteiger partial charge < -0.3 is 10.1 Å². The SMILES string of the molecule is O=C(CNC(=O)c1cc2ccccc2s1)OCc1ccccc1. The van der Waals surface area contributed by atoms with E-state index in [9.17, 15) is 9.59 Å². The lowest BCUT2D eigenvalue weighted by Crippen LogP contribution is -2.30. The topological polar surface area (TPSA) is 55.4 Å². The van der Waals surface area contributed by atoms with Crippen LogP contribution in [0.1, 0.15) is 15.2 Å². The number of amides is 1. The minimum absolute atomic E-state index is 0.139. The van der Waals surface area contributed by atoms with Crippen LogP contribution in [0.2, 0.25) is 0 Å². The molecule has 23 heavy (non-hydrogen) atoms. The van der Waals surface area contributed by atoms with Crippen LogP contribution in [0.15, 0.2) is 60.7 Å². The van der Waals surface area contributed by atoms with Crippen LogP contribution in [-0.2, 0) is 16.1 Å². The Morgan fingerprint density at radius 1 is 1.00 bits per heavy atom. The lowest BCUT2D eigenvalue weighted by Gasteiger charge is -2.05. The van der Waals surface area contributed by atoms with E-state index in [-0.39, 0.29) is 19.1 Å². The van der Waals surface area contributed by atoms with Crippen molar-refractivity contribution in [2.24, 2.45) is 0 Å². The maximum atomic E-state index is 12.1. The van der Waals surface area contributed by atoms with E-state index in [2.05, 4.69) is 5.32 Å². The first-order chi connectivity index (χ1) is 11.2. The summed E-state index contributed by atoms with van der Waals surface area (Å²) in [5.41, 5.74) is 0.914. The van der Waals surface area contributed by atoms with Gasteiger partial charge in [-0.25, -0.2) is 0 Å². The van der Waals surface area contributed by atoms with Crippen LogP contribution >= 0.6 is 11.3 Å². The molecule has 1 N–H and O–H groups in total. The Balaban J connectivity index is 1.51. The smallest absolute Gasteiger partial charge is 0.325 e. The van der Waals surface area contributed by atoms with Crippen LogP contribution in [-0.4, -0.2) is 18.4 Å². The minimum atomic E-state index is -0.455. The number of ether oxygens (including phenoxy) is 1. The molecule has 0 atom stereocenters. The molecule has 1 amide bonds. The molecule has 1 heterocycles. The first-order valence-corrected chi connectivity index (χ1v) is 8.00.